The van der Waals surface area contributed by atoms with Gasteiger partial charge in [0, 0.05) is 12.2 Å². The van der Waals surface area contributed by atoms with Gasteiger partial charge in [0.15, 0.2) is 0 Å². The molecule has 2 N–H and O–H groups in total. The summed E-state index contributed by atoms with van der Waals surface area (Å²) in [6.45, 7) is 8.98. The summed E-state index contributed by atoms with van der Waals surface area (Å²) in [5.41, 5.74) is 4.28. The summed E-state index contributed by atoms with van der Waals surface area (Å²) in [6.07, 6.45) is 0. The Bertz CT molecular complexity index is 656. The number of amides is 2. The van der Waals surface area contributed by atoms with E-state index in [0.717, 1.165) is 16.8 Å². The van der Waals surface area contributed by atoms with Crippen LogP contribution in [0.5, 0.6) is 0 Å². The lowest BCUT2D eigenvalue weighted by atomic mass is 9.86. The van der Waals surface area contributed by atoms with E-state index in [-0.39, 0.29) is 11.4 Å². The third-order valence-corrected chi connectivity index (χ3v) is 3.68. The van der Waals surface area contributed by atoms with Crippen LogP contribution in [0.1, 0.15) is 37.5 Å². The van der Waals surface area contributed by atoms with E-state index in [0.29, 0.717) is 6.54 Å². The van der Waals surface area contributed by atoms with Crippen LogP contribution in [0.15, 0.2) is 48.5 Å². The highest BCUT2D eigenvalue weighted by Gasteiger charge is 2.18. The van der Waals surface area contributed by atoms with Gasteiger partial charge in [-0.15, -0.1) is 0 Å². The van der Waals surface area contributed by atoms with Gasteiger partial charge in [0.25, 0.3) is 0 Å². The molecule has 0 aliphatic heterocycles. The van der Waals surface area contributed by atoms with Gasteiger partial charge in [0.1, 0.15) is 0 Å². The van der Waals surface area contributed by atoms with Crippen molar-refractivity contribution < 1.29 is 4.79 Å². The SMILES string of the molecule is Cc1ccccc1CNC(=O)Nc1ccccc1C(C)(C)C. The molecule has 0 aliphatic rings. The Morgan fingerprint density at radius 1 is 1.00 bits per heavy atom. The van der Waals surface area contributed by atoms with Gasteiger partial charge in [-0.1, -0.05) is 63.2 Å². The first-order chi connectivity index (χ1) is 10.4. The van der Waals surface area contributed by atoms with Crippen molar-refractivity contribution >= 4 is 11.7 Å². The fraction of sp³-hybridized carbons (Fsp3) is 0.316. The molecule has 3 nitrogen and oxygen atoms in total. The Hall–Kier alpha value is -2.29. The van der Waals surface area contributed by atoms with E-state index in [1.807, 2.05) is 49.4 Å². The maximum atomic E-state index is 12.2. The van der Waals surface area contributed by atoms with E-state index in [1.54, 1.807) is 0 Å². The summed E-state index contributed by atoms with van der Waals surface area (Å²) in [4.78, 5) is 12.2. The third kappa shape index (κ3) is 4.10. The second kappa shape index (κ2) is 6.65. The van der Waals surface area contributed by atoms with Gasteiger partial charge in [-0.3, -0.25) is 0 Å². The third-order valence-electron chi connectivity index (χ3n) is 3.68. The summed E-state index contributed by atoms with van der Waals surface area (Å²) in [7, 11) is 0. The van der Waals surface area contributed by atoms with Crippen molar-refractivity contribution in [3.05, 3.63) is 65.2 Å². The summed E-state index contributed by atoms with van der Waals surface area (Å²) >= 11 is 0. The smallest absolute Gasteiger partial charge is 0.319 e. The molecular weight excluding hydrogens is 272 g/mol. The zero-order valence-electron chi connectivity index (χ0n) is 13.7. The van der Waals surface area contributed by atoms with Crippen LogP contribution in [-0.2, 0) is 12.0 Å². The number of urea groups is 1. The van der Waals surface area contributed by atoms with Crippen molar-refractivity contribution in [3.63, 3.8) is 0 Å². The number of carbonyl (C=O) groups is 1. The number of rotatable bonds is 3. The molecule has 0 spiro atoms. The minimum Gasteiger partial charge on any atom is -0.334 e. The molecule has 3 heteroatoms. The van der Waals surface area contributed by atoms with E-state index in [4.69, 9.17) is 0 Å². The largest absolute Gasteiger partial charge is 0.334 e. The van der Waals surface area contributed by atoms with Gasteiger partial charge in [-0.2, -0.15) is 0 Å². The Labute approximate surface area is 132 Å². The number of carbonyl (C=O) groups excluding carboxylic acids is 1. The molecule has 0 fully saturated rings. The molecule has 0 atom stereocenters. The summed E-state index contributed by atoms with van der Waals surface area (Å²) < 4.78 is 0. The Kier molecular flexibility index (Phi) is 4.86. The van der Waals surface area contributed by atoms with Crippen molar-refractivity contribution in [1.82, 2.24) is 5.32 Å². The highest BCUT2D eigenvalue weighted by molar-refractivity contribution is 5.90. The van der Waals surface area contributed by atoms with Crippen LogP contribution in [-0.4, -0.2) is 6.03 Å². The number of nitrogens with one attached hydrogen (secondary N) is 2. The zero-order chi connectivity index (χ0) is 16.2. The molecule has 116 valence electrons. The first-order valence-corrected chi connectivity index (χ1v) is 7.57. The van der Waals surface area contributed by atoms with E-state index in [2.05, 4.69) is 37.5 Å². The molecule has 2 rings (SSSR count). The second-order valence-electron chi connectivity index (χ2n) is 6.53. The van der Waals surface area contributed by atoms with Gasteiger partial charge < -0.3 is 10.6 Å². The molecule has 0 heterocycles. The lowest BCUT2D eigenvalue weighted by Gasteiger charge is -2.23. The lowest BCUT2D eigenvalue weighted by Crippen LogP contribution is -2.29. The van der Waals surface area contributed by atoms with Gasteiger partial charge in [0.05, 0.1) is 0 Å². The van der Waals surface area contributed by atoms with Gasteiger partial charge in [-0.25, -0.2) is 4.79 Å². The molecule has 0 aliphatic carbocycles. The van der Waals surface area contributed by atoms with Crippen LogP contribution in [0.2, 0.25) is 0 Å². The molecule has 0 unspecified atom stereocenters. The molecular formula is C19H24N2O. The minimum absolute atomic E-state index is 0.0140. The normalized spacial score (nSPS) is 11.1. The zero-order valence-corrected chi connectivity index (χ0v) is 13.7. The van der Waals surface area contributed by atoms with E-state index < -0.39 is 0 Å². The standard InChI is InChI=1S/C19H24N2O/c1-14-9-5-6-10-15(14)13-20-18(22)21-17-12-8-7-11-16(17)19(2,3)4/h5-12H,13H2,1-4H3,(H2,20,21,22). The first kappa shape index (κ1) is 16.1. The average Bonchev–Trinajstić information content (AvgIpc) is 2.46. The van der Waals surface area contributed by atoms with Gasteiger partial charge in [-0.05, 0) is 35.1 Å². The number of aryl methyl sites for hydroxylation is 1. The molecule has 0 saturated heterocycles. The monoisotopic (exact) mass is 296 g/mol. The van der Waals surface area contributed by atoms with E-state index >= 15 is 0 Å². The van der Waals surface area contributed by atoms with Crippen molar-refractivity contribution in [2.45, 2.75) is 39.7 Å². The second-order valence-corrected chi connectivity index (χ2v) is 6.53. The molecule has 22 heavy (non-hydrogen) atoms. The number of hydrogen-bond acceptors (Lipinski definition) is 1. The average molecular weight is 296 g/mol. The van der Waals surface area contributed by atoms with Gasteiger partial charge in [0.2, 0.25) is 0 Å². The van der Waals surface area contributed by atoms with Crippen molar-refractivity contribution in [3.8, 4) is 0 Å². The molecule has 0 saturated carbocycles. The predicted octanol–water partition coefficient (Wildman–Crippen LogP) is 4.61. The fourth-order valence-electron chi connectivity index (χ4n) is 2.40. The summed E-state index contributed by atoms with van der Waals surface area (Å²) in [6, 6.07) is 15.8. The minimum atomic E-state index is -0.181. The Morgan fingerprint density at radius 2 is 1.64 bits per heavy atom. The highest BCUT2D eigenvalue weighted by atomic mass is 16.2. The summed E-state index contributed by atoms with van der Waals surface area (Å²) in [5, 5.41) is 5.87. The van der Waals surface area contributed by atoms with Crippen LogP contribution in [0.25, 0.3) is 0 Å². The maximum absolute atomic E-state index is 12.2. The number of para-hydroxylation sites is 1. The van der Waals surface area contributed by atoms with Crippen LogP contribution >= 0.6 is 0 Å². The molecule has 0 aromatic heterocycles. The predicted molar refractivity (Wildman–Crippen MR) is 92.2 cm³/mol. The van der Waals surface area contributed by atoms with Crippen LogP contribution in [0.3, 0.4) is 0 Å². The number of anilines is 1. The number of hydrogen-bond donors (Lipinski definition) is 2. The molecule has 2 aromatic carbocycles. The van der Waals surface area contributed by atoms with Crippen molar-refractivity contribution in [1.29, 1.82) is 0 Å². The Morgan fingerprint density at radius 3 is 2.32 bits per heavy atom. The quantitative estimate of drug-likeness (QED) is 0.853. The van der Waals surface area contributed by atoms with Crippen LogP contribution in [0, 0.1) is 6.92 Å². The van der Waals surface area contributed by atoms with Crippen LogP contribution in [0.4, 0.5) is 10.5 Å². The number of benzene rings is 2. The molecule has 2 aromatic rings. The van der Waals surface area contributed by atoms with Crippen molar-refractivity contribution in [2.24, 2.45) is 0 Å². The highest BCUT2D eigenvalue weighted by Crippen LogP contribution is 2.29. The molecule has 0 radical (unpaired) electrons. The van der Waals surface area contributed by atoms with Crippen molar-refractivity contribution in [2.75, 3.05) is 5.32 Å². The molecule has 2 amide bonds. The van der Waals surface area contributed by atoms with E-state index in [9.17, 15) is 4.79 Å². The first-order valence-electron chi connectivity index (χ1n) is 7.57. The van der Waals surface area contributed by atoms with Crippen LogP contribution < -0.4 is 10.6 Å². The maximum Gasteiger partial charge on any atom is 0.319 e. The lowest BCUT2D eigenvalue weighted by molar-refractivity contribution is 0.251. The van der Waals surface area contributed by atoms with E-state index in [1.165, 1.54) is 5.56 Å². The topological polar surface area (TPSA) is 41.1 Å². The summed E-state index contributed by atoms with van der Waals surface area (Å²) in [5.74, 6) is 0. The fourth-order valence-corrected chi connectivity index (χ4v) is 2.40. The van der Waals surface area contributed by atoms with Gasteiger partial charge >= 0.3 is 6.03 Å². The molecule has 0 bridgehead atoms. The Balaban J connectivity index is 2.03.